The summed E-state index contributed by atoms with van der Waals surface area (Å²) in [7, 11) is 0. The van der Waals surface area contributed by atoms with Crippen molar-refractivity contribution < 1.29 is 9.57 Å². The Kier molecular flexibility index (Phi) is 3.59. The molecule has 0 amide bonds. The van der Waals surface area contributed by atoms with Gasteiger partial charge >= 0.3 is 0 Å². The first-order chi connectivity index (χ1) is 7.40. The third kappa shape index (κ3) is 2.70. The van der Waals surface area contributed by atoms with Crippen LogP contribution in [0.1, 0.15) is 24.0 Å². The van der Waals surface area contributed by atoms with Crippen molar-refractivity contribution >= 4 is 0 Å². The van der Waals surface area contributed by atoms with Crippen LogP contribution in [0.25, 0.3) is 0 Å². The van der Waals surface area contributed by atoms with Crippen molar-refractivity contribution in [2.45, 2.75) is 25.7 Å². The van der Waals surface area contributed by atoms with Gasteiger partial charge in [0.15, 0.2) is 0 Å². The SMILES string of the molecule is NOCCCOc1ccc2c(c1)CCC2. The Balaban J connectivity index is 1.87. The zero-order valence-corrected chi connectivity index (χ0v) is 8.87. The summed E-state index contributed by atoms with van der Waals surface area (Å²) in [6, 6.07) is 6.39. The van der Waals surface area contributed by atoms with Gasteiger partial charge < -0.3 is 9.57 Å². The van der Waals surface area contributed by atoms with E-state index in [4.69, 9.17) is 10.6 Å². The van der Waals surface area contributed by atoms with E-state index in [1.165, 1.54) is 30.4 Å². The summed E-state index contributed by atoms with van der Waals surface area (Å²) in [6.45, 7) is 1.21. The van der Waals surface area contributed by atoms with Crippen molar-refractivity contribution in [2.75, 3.05) is 13.2 Å². The Bertz CT molecular complexity index is 325. The quantitative estimate of drug-likeness (QED) is 0.592. The third-order valence-corrected chi connectivity index (χ3v) is 2.75. The molecule has 2 N–H and O–H groups in total. The standard InChI is InChI=1S/C12H17NO2/c13-15-8-2-7-14-12-6-5-10-3-1-4-11(10)9-12/h5-6,9H,1-4,7-8,13H2. The minimum Gasteiger partial charge on any atom is -0.493 e. The summed E-state index contributed by atoms with van der Waals surface area (Å²) in [6.07, 6.45) is 4.52. The van der Waals surface area contributed by atoms with Crippen molar-refractivity contribution in [3.63, 3.8) is 0 Å². The molecule has 15 heavy (non-hydrogen) atoms. The van der Waals surface area contributed by atoms with Crippen LogP contribution in [0.4, 0.5) is 0 Å². The van der Waals surface area contributed by atoms with Crippen LogP contribution in [0.3, 0.4) is 0 Å². The van der Waals surface area contributed by atoms with E-state index in [1.807, 2.05) is 6.07 Å². The first-order valence-electron chi connectivity index (χ1n) is 5.46. The van der Waals surface area contributed by atoms with E-state index in [0.29, 0.717) is 13.2 Å². The minimum absolute atomic E-state index is 0.547. The molecular formula is C12H17NO2. The molecule has 0 saturated heterocycles. The van der Waals surface area contributed by atoms with Gasteiger partial charge in [0.2, 0.25) is 0 Å². The van der Waals surface area contributed by atoms with Crippen molar-refractivity contribution in [1.82, 2.24) is 0 Å². The lowest BCUT2D eigenvalue weighted by atomic mass is 10.1. The highest BCUT2D eigenvalue weighted by atomic mass is 16.6. The summed E-state index contributed by atoms with van der Waals surface area (Å²) in [4.78, 5) is 4.47. The van der Waals surface area contributed by atoms with E-state index in [1.54, 1.807) is 0 Å². The Morgan fingerprint density at radius 3 is 2.87 bits per heavy atom. The monoisotopic (exact) mass is 207 g/mol. The second kappa shape index (κ2) is 5.14. The predicted octanol–water partition coefficient (Wildman–Crippen LogP) is 1.83. The van der Waals surface area contributed by atoms with E-state index >= 15 is 0 Å². The maximum Gasteiger partial charge on any atom is 0.119 e. The molecule has 0 heterocycles. The second-order valence-electron chi connectivity index (χ2n) is 3.86. The summed E-state index contributed by atoms with van der Waals surface area (Å²) >= 11 is 0. The van der Waals surface area contributed by atoms with Gasteiger partial charge in [0, 0.05) is 6.42 Å². The number of hydrogen-bond acceptors (Lipinski definition) is 3. The van der Waals surface area contributed by atoms with E-state index in [2.05, 4.69) is 17.0 Å². The van der Waals surface area contributed by atoms with Crippen molar-refractivity contribution in [3.05, 3.63) is 29.3 Å². The summed E-state index contributed by atoms with van der Waals surface area (Å²) in [5.41, 5.74) is 2.93. The van der Waals surface area contributed by atoms with Gasteiger partial charge in [-0.25, -0.2) is 5.90 Å². The molecule has 3 heteroatoms. The molecule has 1 aliphatic carbocycles. The lowest BCUT2D eigenvalue weighted by Gasteiger charge is -2.07. The van der Waals surface area contributed by atoms with E-state index < -0.39 is 0 Å². The van der Waals surface area contributed by atoms with Crippen molar-refractivity contribution in [2.24, 2.45) is 5.90 Å². The molecule has 1 aliphatic rings. The average Bonchev–Trinajstić information content (AvgIpc) is 2.71. The average molecular weight is 207 g/mol. The van der Waals surface area contributed by atoms with Gasteiger partial charge in [-0.1, -0.05) is 6.07 Å². The molecule has 1 aromatic carbocycles. The van der Waals surface area contributed by atoms with E-state index in [-0.39, 0.29) is 0 Å². The molecule has 0 aliphatic heterocycles. The first kappa shape index (κ1) is 10.5. The predicted molar refractivity (Wildman–Crippen MR) is 58.7 cm³/mol. The zero-order chi connectivity index (χ0) is 10.5. The molecule has 0 unspecified atom stereocenters. The molecule has 2 rings (SSSR count). The highest BCUT2D eigenvalue weighted by molar-refractivity contribution is 5.38. The number of nitrogens with two attached hydrogens (primary N) is 1. The van der Waals surface area contributed by atoms with Crippen LogP contribution in [0.15, 0.2) is 18.2 Å². The lowest BCUT2D eigenvalue weighted by molar-refractivity contribution is 0.122. The van der Waals surface area contributed by atoms with Gasteiger partial charge in [-0.05, 0) is 42.5 Å². The van der Waals surface area contributed by atoms with Crippen molar-refractivity contribution in [3.8, 4) is 5.75 Å². The maximum atomic E-state index is 5.60. The summed E-state index contributed by atoms with van der Waals surface area (Å²) in [5.74, 6) is 5.89. The van der Waals surface area contributed by atoms with Crippen LogP contribution in [-0.4, -0.2) is 13.2 Å². The molecule has 0 saturated carbocycles. The molecule has 0 atom stereocenters. The number of hydrogen-bond donors (Lipinski definition) is 1. The first-order valence-corrected chi connectivity index (χ1v) is 5.46. The lowest BCUT2D eigenvalue weighted by Crippen LogP contribution is -2.06. The third-order valence-electron chi connectivity index (χ3n) is 2.75. The topological polar surface area (TPSA) is 44.5 Å². The number of benzene rings is 1. The van der Waals surface area contributed by atoms with Gasteiger partial charge in [-0.2, -0.15) is 0 Å². The van der Waals surface area contributed by atoms with Crippen LogP contribution >= 0.6 is 0 Å². The molecule has 0 spiro atoms. The molecular weight excluding hydrogens is 190 g/mol. The smallest absolute Gasteiger partial charge is 0.119 e. The fourth-order valence-corrected chi connectivity index (χ4v) is 1.97. The number of rotatable bonds is 5. The molecule has 0 radical (unpaired) electrons. The summed E-state index contributed by atoms with van der Waals surface area (Å²) < 4.78 is 5.60. The molecule has 3 nitrogen and oxygen atoms in total. The van der Waals surface area contributed by atoms with E-state index in [9.17, 15) is 0 Å². The van der Waals surface area contributed by atoms with Gasteiger partial charge in [0.05, 0.1) is 13.2 Å². The van der Waals surface area contributed by atoms with Gasteiger partial charge in [-0.3, -0.25) is 0 Å². The largest absolute Gasteiger partial charge is 0.493 e. The molecule has 0 bridgehead atoms. The van der Waals surface area contributed by atoms with Crippen LogP contribution in [0, 0.1) is 0 Å². The number of aryl methyl sites for hydroxylation is 2. The van der Waals surface area contributed by atoms with E-state index in [0.717, 1.165) is 12.2 Å². The van der Waals surface area contributed by atoms with Crippen molar-refractivity contribution in [1.29, 1.82) is 0 Å². The fourth-order valence-electron chi connectivity index (χ4n) is 1.97. The van der Waals surface area contributed by atoms with Crippen LogP contribution in [0.5, 0.6) is 5.75 Å². The Morgan fingerprint density at radius 2 is 2.00 bits per heavy atom. The normalized spacial score (nSPS) is 13.9. The Labute approximate surface area is 90.1 Å². The Hall–Kier alpha value is -1.06. The highest BCUT2D eigenvalue weighted by Crippen LogP contribution is 2.25. The molecule has 0 fully saturated rings. The van der Waals surface area contributed by atoms with Gasteiger partial charge in [-0.15, -0.1) is 0 Å². The second-order valence-corrected chi connectivity index (χ2v) is 3.86. The minimum atomic E-state index is 0.547. The van der Waals surface area contributed by atoms with Crippen LogP contribution in [0.2, 0.25) is 0 Å². The number of fused-ring (bicyclic) bond motifs is 1. The maximum absolute atomic E-state index is 5.60. The molecule has 0 aromatic heterocycles. The Morgan fingerprint density at radius 1 is 1.13 bits per heavy atom. The fraction of sp³-hybridized carbons (Fsp3) is 0.500. The molecule has 1 aromatic rings. The highest BCUT2D eigenvalue weighted by Gasteiger charge is 2.10. The van der Waals surface area contributed by atoms with Crippen LogP contribution in [-0.2, 0) is 17.7 Å². The molecule has 82 valence electrons. The summed E-state index contributed by atoms with van der Waals surface area (Å²) in [5, 5.41) is 0. The zero-order valence-electron chi connectivity index (χ0n) is 8.87. The number of ether oxygens (including phenoxy) is 1. The van der Waals surface area contributed by atoms with Crippen LogP contribution < -0.4 is 10.6 Å². The van der Waals surface area contributed by atoms with Gasteiger partial charge in [0.25, 0.3) is 0 Å². The van der Waals surface area contributed by atoms with Gasteiger partial charge in [0.1, 0.15) is 5.75 Å².